The Hall–Kier alpha value is -2.42. The number of aryl methyl sites for hydroxylation is 1. The van der Waals surface area contributed by atoms with Gasteiger partial charge >= 0.3 is 0 Å². The minimum atomic E-state index is -0.674. The second-order valence-electron chi connectivity index (χ2n) is 12.0. The Bertz CT molecular complexity index is 1520. The van der Waals surface area contributed by atoms with Gasteiger partial charge in [0.15, 0.2) is 5.84 Å². The maximum atomic E-state index is 13.8. The first-order valence-electron chi connectivity index (χ1n) is 16.9. The van der Waals surface area contributed by atoms with Crippen molar-refractivity contribution in [3.05, 3.63) is 86.3 Å². The van der Waals surface area contributed by atoms with Crippen LogP contribution in [0, 0.1) is 0 Å². The number of anilines is 3. The molecule has 48 heavy (non-hydrogen) atoms. The van der Waals surface area contributed by atoms with Gasteiger partial charge in [0.2, 0.25) is 5.91 Å². The van der Waals surface area contributed by atoms with E-state index in [0.29, 0.717) is 39.4 Å². The van der Waals surface area contributed by atoms with Crippen molar-refractivity contribution in [3.63, 3.8) is 0 Å². The first kappa shape index (κ1) is 38.4. The third kappa shape index (κ3) is 11.9. The number of carbonyl (C=O) groups excluding carboxylic acids is 2. The van der Waals surface area contributed by atoms with Gasteiger partial charge in [0.05, 0.1) is 20.8 Å². The number of amidine groups is 1. The van der Waals surface area contributed by atoms with Crippen LogP contribution in [0.1, 0.15) is 89.5 Å². The number of amides is 2. The van der Waals surface area contributed by atoms with Crippen LogP contribution in [0.15, 0.2) is 65.8 Å². The Kier molecular flexibility index (Phi) is 16.2. The van der Waals surface area contributed by atoms with Crippen LogP contribution in [0.5, 0.6) is 0 Å². The number of rotatable bonds is 19. The lowest BCUT2D eigenvalue weighted by Gasteiger charge is -2.17. The topological polar surface area (TPSA) is 73.8 Å². The maximum absolute atomic E-state index is 13.8. The Morgan fingerprint density at radius 2 is 1.44 bits per heavy atom. The molecule has 3 aromatic carbocycles. The molecule has 4 rings (SSSR count). The highest BCUT2D eigenvalue weighted by atomic mass is 35.5. The molecule has 0 bridgehead atoms. The van der Waals surface area contributed by atoms with E-state index in [1.165, 1.54) is 85.8 Å². The van der Waals surface area contributed by atoms with Crippen molar-refractivity contribution in [1.82, 2.24) is 0 Å². The summed E-state index contributed by atoms with van der Waals surface area (Å²) < 4.78 is 0. The Labute approximate surface area is 309 Å². The molecule has 2 amide bonds. The lowest BCUT2D eigenvalue weighted by Crippen LogP contribution is -2.32. The van der Waals surface area contributed by atoms with Crippen molar-refractivity contribution in [3.8, 4) is 0 Å². The predicted molar refractivity (Wildman–Crippen MR) is 208 cm³/mol. The molecule has 0 fully saturated rings. The van der Waals surface area contributed by atoms with Gasteiger partial charge in [0, 0.05) is 17.1 Å². The van der Waals surface area contributed by atoms with Crippen LogP contribution in [0.2, 0.25) is 20.1 Å². The molecule has 0 saturated heterocycles. The molecule has 1 aliphatic rings. The van der Waals surface area contributed by atoms with Gasteiger partial charge in [0.1, 0.15) is 10.9 Å². The number of nitrogens with zero attached hydrogens (tertiary/aromatic N) is 2. The molecule has 0 aliphatic carbocycles. The molecule has 0 radical (unpaired) electrons. The summed E-state index contributed by atoms with van der Waals surface area (Å²) in [6.45, 7) is 2.25. The average Bonchev–Trinajstić information content (AvgIpc) is 3.35. The number of benzene rings is 3. The first-order valence-corrected chi connectivity index (χ1v) is 19.4. The molecule has 0 aromatic heterocycles. The van der Waals surface area contributed by atoms with E-state index >= 15 is 0 Å². The lowest BCUT2D eigenvalue weighted by atomic mass is 10.1. The van der Waals surface area contributed by atoms with Crippen molar-refractivity contribution >= 4 is 92.9 Å². The number of hydrogen-bond acceptors (Lipinski definition) is 5. The molecule has 1 atom stereocenters. The zero-order valence-corrected chi connectivity index (χ0v) is 31.2. The van der Waals surface area contributed by atoms with Gasteiger partial charge in [-0.25, -0.2) is 0 Å². The van der Waals surface area contributed by atoms with Crippen molar-refractivity contribution in [2.45, 2.75) is 95.6 Å². The van der Waals surface area contributed by atoms with Crippen LogP contribution in [-0.4, -0.2) is 28.7 Å². The number of halogens is 4. The van der Waals surface area contributed by atoms with Crippen LogP contribution >= 0.6 is 58.2 Å². The summed E-state index contributed by atoms with van der Waals surface area (Å²) in [4.78, 5) is 26.5. The van der Waals surface area contributed by atoms with E-state index in [-0.39, 0.29) is 27.5 Å². The van der Waals surface area contributed by atoms with Gasteiger partial charge < -0.3 is 10.6 Å². The van der Waals surface area contributed by atoms with Crippen molar-refractivity contribution in [2.24, 2.45) is 5.10 Å². The SMILES string of the molecule is CCCCCCCCCCCCCC(=O)Nc1ccc(Cl)c(NC2=NN(c3c(Cl)cc(Cl)cc3Cl)C(=O)C2SCCc2ccccc2)c1. The minimum Gasteiger partial charge on any atom is -0.340 e. The first-order chi connectivity index (χ1) is 23.3. The van der Waals surface area contributed by atoms with E-state index in [9.17, 15) is 9.59 Å². The van der Waals surface area contributed by atoms with Crippen LogP contribution < -0.4 is 15.6 Å². The fraction of sp³-hybridized carbons (Fsp3) is 0.432. The van der Waals surface area contributed by atoms with E-state index in [0.717, 1.165) is 25.7 Å². The summed E-state index contributed by atoms with van der Waals surface area (Å²) >= 11 is 27.2. The number of carbonyl (C=O) groups is 2. The zero-order chi connectivity index (χ0) is 34.3. The molecule has 0 spiro atoms. The molecule has 11 heteroatoms. The number of hydrogen-bond donors (Lipinski definition) is 2. The van der Waals surface area contributed by atoms with Gasteiger partial charge in [-0.05, 0) is 54.5 Å². The predicted octanol–water partition coefficient (Wildman–Crippen LogP) is 12.1. The standard InChI is InChI=1S/C37H44Cl4N4O2S/c1-2-3-4-5-6-7-8-9-10-11-15-18-33(46)42-28-19-20-29(39)32(25-28)43-36-35(48-22-21-26-16-13-12-14-17-26)37(47)45(44-36)34-30(40)23-27(38)24-31(34)41/h12-14,16-17,19-20,23-25,35H,2-11,15,18,21-22H2,1H3,(H,42,46)(H,43,44). The summed E-state index contributed by atoms with van der Waals surface area (Å²) in [6.07, 6.45) is 14.8. The van der Waals surface area contributed by atoms with Crippen LogP contribution in [-0.2, 0) is 16.0 Å². The second-order valence-corrected chi connectivity index (χ2v) is 14.9. The summed E-state index contributed by atoms with van der Waals surface area (Å²) in [6, 6.07) is 18.3. The van der Waals surface area contributed by atoms with Gasteiger partial charge in [-0.15, -0.1) is 16.9 Å². The normalized spacial score (nSPS) is 14.4. The lowest BCUT2D eigenvalue weighted by molar-refractivity contribution is -0.117. The van der Waals surface area contributed by atoms with Gasteiger partial charge in [0.25, 0.3) is 5.91 Å². The highest BCUT2D eigenvalue weighted by Crippen LogP contribution is 2.40. The van der Waals surface area contributed by atoms with Crippen molar-refractivity contribution in [1.29, 1.82) is 0 Å². The quantitative estimate of drug-likeness (QED) is 0.120. The molecule has 0 saturated carbocycles. The summed E-state index contributed by atoms with van der Waals surface area (Å²) in [7, 11) is 0. The summed E-state index contributed by atoms with van der Waals surface area (Å²) in [5.41, 5.74) is 2.54. The minimum absolute atomic E-state index is 0.0416. The number of unbranched alkanes of at least 4 members (excludes halogenated alkanes) is 10. The van der Waals surface area contributed by atoms with E-state index < -0.39 is 5.25 Å². The third-order valence-corrected chi connectivity index (χ3v) is 10.4. The van der Waals surface area contributed by atoms with E-state index in [4.69, 9.17) is 46.4 Å². The molecular weight excluding hydrogens is 706 g/mol. The molecule has 258 valence electrons. The summed E-state index contributed by atoms with van der Waals surface area (Å²) in [5.74, 6) is 0.709. The molecule has 1 unspecified atom stereocenters. The Morgan fingerprint density at radius 1 is 0.812 bits per heavy atom. The van der Waals surface area contributed by atoms with Crippen molar-refractivity contribution < 1.29 is 9.59 Å². The Morgan fingerprint density at radius 3 is 2.08 bits per heavy atom. The van der Waals surface area contributed by atoms with Crippen LogP contribution in [0.25, 0.3) is 0 Å². The fourth-order valence-electron chi connectivity index (χ4n) is 5.52. The highest BCUT2D eigenvalue weighted by molar-refractivity contribution is 8.01. The van der Waals surface area contributed by atoms with E-state index in [2.05, 4.69) is 34.8 Å². The molecular formula is C37H44Cl4N4O2S. The van der Waals surface area contributed by atoms with Crippen LogP contribution in [0.3, 0.4) is 0 Å². The molecule has 3 aromatic rings. The smallest absolute Gasteiger partial charge is 0.268 e. The van der Waals surface area contributed by atoms with E-state index in [1.54, 1.807) is 18.2 Å². The summed E-state index contributed by atoms with van der Waals surface area (Å²) in [5, 5.41) is 12.6. The maximum Gasteiger partial charge on any atom is 0.268 e. The fourth-order valence-corrected chi connectivity index (χ4v) is 7.76. The van der Waals surface area contributed by atoms with Gasteiger partial charge in [-0.1, -0.05) is 148 Å². The molecule has 1 aliphatic heterocycles. The zero-order valence-electron chi connectivity index (χ0n) is 27.4. The van der Waals surface area contributed by atoms with Gasteiger partial charge in [-0.2, -0.15) is 5.01 Å². The molecule has 1 heterocycles. The third-order valence-electron chi connectivity index (χ3n) is 8.12. The van der Waals surface area contributed by atoms with Crippen LogP contribution in [0.4, 0.5) is 17.1 Å². The number of hydrazone groups is 1. The van der Waals surface area contributed by atoms with Crippen molar-refractivity contribution in [2.75, 3.05) is 21.4 Å². The second kappa shape index (κ2) is 20.3. The molecule has 6 nitrogen and oxygen atoms in total. The Balaban J connectivity index is 1.36. The monoisotopic (exact) mass is 748 g/mol. The number of thioether (sulfide) groups is 1. The van der Waals surface area contributed by atoms with E-state index in [1.807, 2.05) is 18.2 Å². The molecule has 2 N–H and O–H groups in total. The highest BCUT2D eigenvalue weighted by Gasteiger charge is 2.39. The number of nitrogens with one attached hydrogen (secondary N) is 2. The average molecular weight is 751 g/mol. The largest absolute Gasteiger partial charge is 0.340 e. The van der Waals surface area contributed by atoms with Gasteiger partial charge in [-0.3, -0.25) is 9.59 Å².